The fourth-order valence-corrected chi connectivity index (χ4v) is 4.75. The zero-order chi connectivity index (χ0) is 23.3. The first-order valence-corrected chi connectivity index (χ1v) is 11.8. The van der Waals surface area contributed by atoms with E-state index in [4.69, 9.17) is 9.68 Å². The third-order valence-corrected chi connectivity index (χ3v) is 6.49. The summed E-state index contributed by atoms with van der Waals surface area (Å²) in [5.41, 5.74) is 2.71. The Labute approximate surface area is 200 Å². The van der Waals surface area contributed by atoms with Gasteiger partial charge in [0.1, 0.15) is 0 Å². The molecule has 0 saturated carbocycles. The van der Waals surface area contributed by atoms with Crippen molar-refractivity contribution >= 4 is 28.4 Å². The number of nitriles is 1. The number of Topliss-reactive ketones (excluding diaryl/α,β-unsaturated/α-hetero) is 1. The molecule has 0 atom stereocenters. The van der Waals surface area contributed by atoms with Crippen LogP contribution in [0.1, 0.15) is 22.3 Å². The van der Waals surface area contributed by atoms with E-state index in [1.165, 1.54) is 11.8 Å². The first-order valence-electron chi connectivity index (χ1n) is 10.9. The van der Waals surface area contributed by atoms with E-state index in [0.29, 0.717) is 41.8 Å². The summed E-state index contributed by atoms with van der Waals surface area (Å²) in [7, 11) is 0. The maximum atomic E-state index is 13.2. The number of carbonyl (C=O) groups is 1. The molecule has 0 aliphatic heterocycles. The van der Waals surface area contributed by atoms with Crippen molar-refractivity contribution in [3.05, 3.63) is 90.3 Å². The first-order chi connectivity index (χ1) is 16.7. The molecule has 2 aromatic carbocycles. The lowest BCUT2D eigenvalue weighted by Crippen LogP contribution is -2.07. The van der Waals surface area contributed by atoms with Gasteiger partial charge < -0.3 is 8.98 Å². The summed E-state index contributed by atoms with van der Waals surface area (Å²) in [5, 5.41) is 19.2. The van der Waals surface area contributed by atoms with Crippen LogP contribution in [-0.2, 0) is 13.1 Å². The van der Waals surface area contributed by atoms with E-state index in [0.717, 1.165) is 16.5 Å². The second-order valence-corrected chi connectivity index (χ2v) is 8.67. The number of aryl methyl sites for hydroxylation is 1. The largest absolute Gasteiger partial charge is 0.461 e. The molecule has 168 valence electrons. The van der Waals surface area contributed by atoms with E-state index in [1.54, 1.807) is 6.26 Å². The second kappa shape index (κ2) is 9.81. The van der Waals surface area contributed by atoms with Gasteiger partial charge in [-0.1, -0.05) is 60.3 Å². The van der Waals surface area contributed by atoms with Crippen LogP contribution in [0.15, 0.2) is 88.8 Å². The number of nitrogens with zero attached hydrogens (tertiary/aromatic N) is 5. The number of rotatable bonds is 9. The average Bonchev–Trinajstić information content (AvgIpc) is 3.61. The molecule has 0 amide bonds. The molecule has 8 heteroatoms. The van der Waals surface area contributed by atoms with Gasteiger partial charge in [0.05, 0.1) is 31.1 Å². The molecule has 5 aromatic rings. The minimum Gasteiger partial charge on any atom is -0.461 e. The third-order valence-electron chi connectivity index (χ3n) is 5.53. The molecule has 0 unspecified atom stereocenters. The van der Waals surface area contributed by atoms with Crippen molar-refractivity contribution < 1.29 is 9.21 Å². The van der Waals surface area contributed by atoms with Crippen LogP contribution in [0.4, 0.5) is 0 Å². The Balaban J connectivity index is 1.41. The van der Waals surface area contributed by atoms with Gasteiger partial charge in [0, 0.05) is 29.2 Å². The fourth-order valence-electron chi connectivity index (χ4n) is 3.92. The normalized spacial score (nSPS) is 11.0. The van der Waals surface area contributed by atoms with Crippen LogP contribution in [0, 0.1) is 11.3 Å². The minimum absolute atomic E-state index is 0.00529. The molecule has 0 aliphatic rings. The molecule has 0 N–H and O–H groups in total. The van der Waals surface area contributed by atoms with Gasteiger partial charge in [-0.3, -0.25) is 9.36 Å². The molecule has 34 heavy (non-hydrogen) atoms. The summed E-state index contributed by atoms with van der Waals surface area (Å²) in [6.07, 6.45) is 3.85. The summed E-state index contributed by atoms with van der Waals surface area (Å²) in [5.74, 6) is 1.47. The SMILES string of the molecule is N#CCCn1cc(C(=O)CSc2nnc(-c3ccco3)n2Cc2ccccc2)c2ccccc21. The van der Waals surface area contributed by atoms with Crippen molar-refractivity contribution in [3.8, 4) is 17.7 Å². The molecule has 0 radical (unpaired) electrons. The molecule has 0 fully saturated rings. The molecule has 3 heterocycles. The number of hydrogen-bond acceptors (Lipinski definition) is 6. The van der Waals surface area contributed by atoms with Crippen LogP contribution < -0.4 is 0 Å². The number of ketones is 1. The molecule has 0 aliphatic carbocycles. The highest BCUT2D eigenvalue weighted by Crippen LogP contribution is 2.28. The van der Waals surface area contributed by atoms with Crippen molar-refractivity contribution in [2.75, 3.05) is 5.75 Å². The summed E-state index contributed by atoms with van der Waals surface area (Å²) < 4.78 is 9.51. The molecule has 0 saturated heterocycles. The number of hydrogen-bond donors (Lipinski definition) is 0. The summed E-state index contributed by atoms with van der Waals surface area (Å²) >= 11 is 1.36. The highest BCUT2D eigenvalue weighted by molar-refractivity contribution is 7.99. The van der Waals surface area contributed by atoms with E-state index in [-0.39, 0.29) is 11.5 Å². The van der Waals surface area contributed by atoms with Crippen LogP contribution in [0.3, 0.4) is 0 Å². The van der Waals surface area contributed by atoms with Gasteiger partial charge in [-0.05, 0) is 23.8 Å². The number of para-hydroxylation sites is 1. The predicted octanol–water partition coefficient (Wildman–Crippen LogP) is 5.43. The first kappa shape index (κ1) is 21.7. The molecule has 3 aromatic heterocycles. The molecular weight excluding hydrogens is 446 g/mol. The van der Waals surface area contributed by atoms with Gasteiger partial charge >= 0.3 is 0 Å². The fraction of sp³-hybridized carbons (Fsp3) is 0.154. The molecular formula is C26H21N5O2S. The summed E-state index contributed by atoms with van der Waals surface area (Å²) in [6, 6.07) is 23.7. The van der Waals surface area contributed by atoms with Crippen molar-refractivity contribution in [1.82, 2.24) is 19.3 Å². The average molecular weight is 468 g/mol. The lowest BCUT2D eigenvalue weighted by molar-refractivity contribution is 0.102. The lowest BCUT2D eigenvalue weighted by atomic mass is 10.1. The molecule has 7 nitrogen and oxygen atoms in total. The third kappa shape index (κ3) is 4.38. The van der Waals surface area contributed by atoms with Gasteiger partial charge in [0.25, 0.3) is 0 Å². The van der Waals surface area contributed by atoms with E-state index < -0.39 is 0 Å². The Morgan fingerprint density at radius 1 is 1.03 bits per heavy atom. The van der Waals surface area contributed by atoms with Gasteiger partial charge in [-0.25, -0.2) is 0 Å². The number of carbonyl (C=O) groups excluding carboxylic acids is 1. The van der Waals surface area contributed by atoms with Crippen LogP contribution in [0.25, 0.3) is 22.5 Å². The van der Waals surface area contributed by atoms with E-state index in [2.05, 4.69) is 16.3 Å². The quantitative estimate of drug-likeness (QED) is 0.212. The molecule has 5 rings (SSSR count). The Morgan fingerprint density at radius 2 is 1.85 bits per heavy atom. The van der Waals surface area contributed by atoms with Crippen LogP contribution in [0.5, 0.6) is 0 Å². The molecule has 0 spiro atoms. The number of thioether (sulfide) groups is 1. The summed E-state index contributed by atoms with van der Waals surface area (Å²) in [6.45, 7) is 1.11. The maximum Gasteiger partial charge on any atom is 0.200 e. The Bertz CT molecular complexity index is 1460. The Kier molecular flexibility index (Phi) is 6.27. The Hall–Kier alpha value is -4.09. The zero-order valence-corrected chi connectivity index (χ0v) is 19.1. The molecule has 0 bridgehead atoms. The highest BCUT2D eigenvalue weighted by atomic mass is 32.2. The van der Waals surface area contributed by atoms with Crippen molar-refractivity contribution in [2.24, 2.45) is 0 Å². The van der Waals surface area contributed by atoms with Gasteiger partial charge in [-0.15, -0.1) is 10.2 Å². The predicted molar refractivity (Wildman–Crippen MR) is 130 cm³/mol. The number of furan rings is 1. The van der Waals surface area contributed by atoms with Crippen molar-refractivity contribution in [3.63, 3.8) is 0 Å². The van der Waals surface area contributed by atoms with Crippen LogP contribution >= 0.6 is 11.8 Å². The number of fused-ring (bicyclic) bond motifs is 1. The van der Waals surface area contributed by atoms with E-state index in [9.17, 15) is 4.79 Å². The van der Waals surface area contributed by atoms with Crippen LogP contribution in [0.2, 0.25) is 0 Å². The standard InChI is InChI=1S/C26H21N5O2S/c27-13-7-14-30-17-21(20-10-4-5-11-22(20)30)23(32)18-34-26-29-28-25(24-12-6-15-33-24)31(26)16-19-8-2-1-3-9-19/h1-6,8-12,15,17H,7,14,16,18H2. The van der Waals surface area contributed by atoms with Crippen molar-refractivity contribution in [2.45, 2.75) is 24.7 Å². The van der Waals surface area contributed by atoms with E-state index in [1.807, 2.05) is 82.1 Å². The highest BCUT2D eigenvalue weighted by Gasteiger charge is 2.20. The second-order valence-electron chi connectivity index (χ2n) is 7.73. The van der Waals surface area contributed by atoms with Crippen LogP contribution in [-0.4, -0.2) is 30.9 Å². The lowest BCUT2D eigenvalue weighted by Gasteiger charge is -2.09. The van der Waals surface area contributed by atoms with Gasteiger partial charge in [0.15, 0.2) is 16.7 Å². The Morgan fingerprint density at radius 3 is 2.65 bits per heavy atom. The smallest absolute Gasteiger partial charge is 0.200 e. The van der Waals surface area contributed by atoms with Crippen molar-refractivity contribution in [1.29, 1.82) is 5.26 Å². The number of benzene rings is 2. The zero-order valence-electron chi connectivity index (χ0n) is 18.3. The maximum absolute atomic E-state index is 13.2. The number of aromatic nitrogens is 4. The minimum atomic E-state index is 0.00529. The summed E-state index contributed by atoms with van der Waals surface area (Å²) in [4.78, 5) is 13.2. The van der Waals surface area contributed by atoms with Gasteiger partial charge in [-0.2, -0.15) is 5.26 Å². The topological polar surface area (TPSA) is 89.6 Å². The van der Waals surface area contributed by atoms with Gasteiger partial charge in [0.2, 0.25) is 5.82 Å². The monoisotopic (exact) mass is 467 g/mol. The van der Waals surface area contributed by atoms with E-state index >= 15 is 0 Å².